The first-order valence-electron chi connectivity index (χ1n) is 10.9. The van der Waals surface area contributed by atoms with Crippen molar-refractivity contribution in [2.45, 2.75) is 39.2 Å². The van der Waals surface area contributed by atoms with Crippen LogP contribution in [0.4, 0.5) is 0 Å². The molecule has 1 amide bonds. The van der Waals surface area contributed by atoms with E-state index in [1.165, 1.54) is 5.56 Å². The molecule has 0 saturated heterocycles. The predicted octanol–water partition coefficient (Wildman–Crippen LogP) is 5.48. The zero-order valence-corrected chi connectivity index (χ0v) is 18.4. The SMILES string of the molecule is CCC(=O)N(CCCc1ccccc1)Cc1ccc(Oc2ccccc2CC(=O)O)cc1. The number of benzene rings is 3. The molecule has 0 bridgehead atoms. The number of nitrogens with zero attached hydrogens (tertiary/aromatic N) is 1. The average Bonchev–Trinajstić information content (AvgIpc) is 2.80. The zero-order valence-electron chi connectivity index (χ0n) is 18.4. The Morgan fingerprint density at radius 1 is 0.875 bits per heavy atom. The van der Waals surface area contributed by atoms with Crippen molar-refractivity contribution >= 4 is 11.9 Å². The minimum absolute atomic E-state index is 0.0919. The van der Waals surface area contributed by atoms with Crippen LogP contribution < -0.4 is 4.74 Å². The summed E-state index contributed by atoms with van der Waals surface area (Å²) in [5, 5.41) is 9.08. The number of carboxylic acids is 1. The van der Waals surface area contributed by atoms with Gasteiger partial charge in [0.25, 0.3) is 0 Å². The second-order valence-electron chi connectivity index (χ2n) is 7.68. The third kappa shape index (κ3) is 6.98. The molecule has 3 aromatic carbocycles. The molecule has 0 saturated carbocycles. The molecule has 32 heavy (non-hydrogen) atoms. The quantitative estimate of drug-likeness (QED) is 0.437. The van der Waals surface area contributed by atoms with Gasteiger partial charge in [-0.1, -0.05) is 67.6 Å². The van der Waals surface area contributed by atoms with Crippen LogP contribution in [0.2, 0.25) is 0 Å². The van der Waals surface area contributed by atoms with Gasteiger partial charge < -0.3 is 14.7 Å². The largest absolute Gasteiger partial charge is 0.481 e. The molecule has 1 N–H and O–H groups in total. The van der Waals surface area contributed by atoms with E-state index >= 15 is 0 Å². The Morgan fingerprint density at radius 3 is 2.25 bits per heavy atom. The first-order valence-corrected chi connectivity index (χ1v) is 10.9. The van der Waals surface area contributed by atoms with Gasteiger partial charge in [-0.2, -0.15) is 0 Å². The van der Waals surface area contributed by atoms with E-state index in [9.17, 15) is 9.59 Å². The van der Waals surface area contributed by atoms with Crippen LogP contribution in [-0.2, 0) is 29.0 Å². The highest BCUT2D eigenvalue weighted by atomic mass is 16.5. The molecule has 0 atom stereocenters. The smallest absolute Gasteiger partial charge is 0.307 e. The molecule has 0 fully saturated rings. The zero-order chi connectivity index (χ0) is 22.8. The number of para-hydroxylation sites is 1. The monoisotopic (exact) mass is 431 g/mol. The number of amides is 1. The van der Waals surface area contributed by atoms with Crippen molar-refractivity contribution in [2.24, 2.45) is 0 Å². The summed E-state index contributed by atoms with van der Waals surface area (Å²) >= 11 is 0. The van der Waals surface area contributed by atoms with E-state index in [1.807, 2.05) is 60.4 Å². The van der Waals surface area contributed by atoms with Gasteiger partial charge in [-0.3, -0.25) is 9.59 Å². The van der Waals surface area contributed by atoms with Crippen LogP contribution in [0.15, 0.2) is 78.9 Å². The van der Waals surface area contributed by atoms with Gasteiger partial charge in [0.05, 0.1) is 6.42 Å². The summed E-state index contributed by atoms with van der Waals surface area (Å²) in [5.74, 6) is 0.403. The molecule has 0 unspecified atom stereocenters. The van der Waals surface area contributed by atoms with Gasteiger partial charge in [0.15, 0.2) is 0 Å². The third-order valence-electron chi connectivity index (χ3n) is 5.23. The number of carbonyl (C=O) groups is 2. The van der Waals surface area contributed by atoms with Gasteiger partial charge in [0.1, 0.15) is 11.5 Å². The van der Waals surface area contributed by atoms with Crippen LogP contribution in [0, 0.1) is 0 Å². The number of aryl methyl sites for hydroxylation is 1. The fraction of sp³-hybridized carbons (Fsp3) is 0.259. The molecule has 0 spiro atoms. The van der Waals surface area contributed by atoms with E-state index in [4.69, 9.17) is 9.84 Å². The number of hydrogen-bond donors (Lipinski definition) is 1. The molecule has 0 aromatic heterocycles. The van der Waals surface area contributed by atoms with Crippen molar-refractivity contribution in [2.75, 3.05) is 6.54 Å². The Kier molecular flexibility index (Phi) is 8.44. The van der Waals surface area contributed by atoms with Crippen LogP contribution in [0.5, 0.6) is 11.5 Å². The molecular formula is C27H29NO4. The van der Waals surface area contributed by atoms with E-state index in [1.54, 1.807) is 18.2 Å². The molecular weight excluding hydrogens is 402 g/mol. The summed E-state index contributed by atoms with van der Waals surface area (Å²) in [4.78, 5) is 25.4. The van der Waals surface area contributed by atoms with Crippen molar-refractivity contribution < 1.29 is 19.4 Å². The van der Waals surface area contributed by atoms with Crippen LogP contribution in [-0.4, -0.2) is 28.4 Å². The molecule has 0 aliphatic carbocycles. The van der Waals surface area contributed by atoms with Crippen LogP contribution in [0.1, 0.15) is 36.5 Å². The number of aliphatic carboxylic acids is 1. The van der Waals surface area contributed by atoms with E-state index in [2.05, 4.69) is 12.1 Å². The predicted molar refractivity (Wildman–Crippen MR) is 125 cm³/mol. The Labute approximate surface area is 189 Å². The van der Waals surface area contributed by atoms with Gasteiger partial charge in [-0.05, 0) is 42.2 Å². The normalized spacial score (nSPS) is 10.5. The van der Waals surface area contributed by atoms with Crippen LogP contribution in [0.25, 0.3) is 0 Å². The lowest BCUT2D eigenvalue weighted by Gasteiger charge is -2.22. The Bertz CT molecular complexity index is 1020. The Hall–Kier alpha value is -3.60. The molecule has 0 aliphatic heterocycles. The van der Waals surface area contributed by atoms with Gasteiger partial charge in [0.2, 0.25) is 5.91 Å². The number of hydrogen-bond acceptors (Lipinski definition) is 3. The first kappa shape index (κ1) is 23.1. The Morgan fingerprint density at radius 2 is 1.56 bits per heavy atom. The van der Waals surface area contributed by atoms with E-state index in [0.717, 1.165) is 18.4 Å². The van der Waals surface area contributed by atoms with Gasteiger partial charge in [0, 0.05) is 25.1 Å². The highest BCUT2D eigenvalue weighted by molar-refractivity contribution is 5.75. The highest BCUT2D eigenvalue weighted by Crippen LogP contribution is 2.26. The second-order valence-corrected chi connectivity index (χ2v) is 7.68. The van der Waals surface area contributed by atoms with Crippen molar-refractivity contribution in [3.63, 3.8) is 0 Å². The molecule has 5 nitrogen and oxygen atoms in total. The van der Waals surface area contributed by atoms with Gasteiger partial charge in [-0.15, -0.1) is 0 Å². The second kappa shape index (κ2) is 11.7. The summed E-state index contributed by atoms with van der Waals surface area (Å²) in [6.45, 7) is 3.15. The number of ether oxygens (including phenoxy) is 1. The van der Waals surface area contributed by atoms with E-state index in [0.29, 0.717) is 36.6 Å². The maximum atomic E-state index is 12.4. The molecule has 0 radical (unpaired) electrons. The highest BCUT2D eigenvalue weighted by Gasteiger charge is 2.13. The van der Waals surface area contributed by atoms with Gasteiger partial charge >= 0.3 is 5.97 Å². The molecule has 3 rings (SSSR count). The van der Waals surface area contributed by atoms with Crippen molar-refractivity contribution in [3.8, 4) is 11.5 Å². The average molecular weight is 432 g/mol. The molecule has 5 heteroatoms. The summed E-state index contributed by atoms with van der Waals surface area (Å²) in [6, 6.07) is 25.0. The number of carbonyl (C=O) groups excluding carboxylic acids is 1. The maximum Gasteiger partial charge on any atom is 0.307 e. The van der Waals surface area contributed by atoms with Crippen LogP contribution in [0.3, 0.4) is 0 Å². The molecule has 0 aliphatic rings. The lowest BCUT2D eigenvalue weighted by molar-refractivity contribution is -0.136. The molecule has 166 valence electrons. The van der Waals surface area contributed by atoms with E-state index in [-0.39, 0.29) is 12.3 Å². The fourth-order valence-electron chi connectivity index (χ4n) is 3.56. The summed E-state index contributed by atoms with van der Waals surface area (Å²) in [7, 11) is 0. The van der Waals surface area contributed by atoms with Gasteiger partial charge in [-0.25, -0.2) is 0 Å². The minimum atomic E-state index is -0.899. The van der Waals surface area contributed by atoms with Crippen LogP contribution >= 0.6 is 0 Å². The van der Waals surface area contributed by atoms with E-state index < -0.39 is 5.97 Å². The lowest BCUT2D eigenvalue weighted by Crippen LogP contribution is -2.31. The standard InChI is InChI=1S/C27H29NO4/c1-2-26(29)28(18-8-11-21-9-4-3-5-10-21)20-22-14-16-24(17-15-22)32-25-13-7-6-12-23(25)19-27(30)31/h3-7,9-10,12-17H,2,8,11,18-20H2,1H3,(H,30,31). The Balaban J connectivity index is 1.61. The first-order chi connectivity index (χ1) is 15.5. The molecule has 3 aromatic rings. The topological polar surface area (TPSA) is 66.8 Å². The number of rotatable bonds is 11. The molecule has 0 heterocycles. The maximum absolute atomic E-state index is 12.4. The summed E-state index contributed by atoms with van der Waals surface area (Å²) in [5.41, 5.74) is 2.93. The summed E-state index contributed by atoms with van der Waals surface area (Å²) in [6.07, 6.45) is 2.24. The fourth-order valence-corrected chi connectivity index (χ4v) is 3.56. The lowest BCUT2D eigenvalue weighted by atomic mass is 10.1. The van der Waals surface area contributed by atoms with Crippen molar-refractivity contribution in [3.05, 3.63) is 95.6 Å². The number of carboxylic acid groups (broad SMARTS) is 1. The minimum Gasteiger partial charge on any atom is -0.481 e. The third-order valence-corrected chi connectivity index (χ3v) is 5.23. The van der Waals surface area contributed by atoms with Crippen molar-refractivity contribution in [1.82, 2.24) is 4.90 Å². The van der Waals surface area contributed by atoms with Crippen molar-refractivity contribution in [1.29, 1.82) is 0 Å². The summed E-state index contributed by atoms with van der Waals surface area (Å²) < 4.78 is 5.91.